The third-order valence-corrected chi connectivity index (χ3v) is 7.11. The smallest absolute Gasteiger partial charge is 0.315 e. The number of halogens is 1. The van der Waals surface area contributed by atoms with Crippen LogP contribution in [0.15, 0.2) is 97.1 Å². The lowest BCUT2D eigenvalue weighted by molar-refractivity contribution is -0.146. The van der Waals surface area contributed by atoms with Crippen LogP contribution in [0.2, 0.25) is 5.02 Å². The van der Waals surface area contributed by atoms with Crippen LogP contribution in [0.3, 0.4) is 0 Å². The molecule has 38 heavy (non-hydrogen) atoms. The summed E-state index contributed by atoms with van der Waals surface area (Å²) in [7, 11) is 1.42. The van der Waals surface area contributed by atoms with Gasteiger partial charge in [0.15, 0.2) is 0 Å². The Kier molecular flexibility index (Phi) is 7.12. The minimum absolute atomic E-state index is 0.255. The van der Waals surface area contributed by atoms with Crippen LogP contribution in [0.1, 0.15) is 25.0 Å². The van der Waals surface area contributed by atoms with Gasteiger partial charge in [0.1, 0.15) is 11.2 Å². The molecule has 0 radical (unpaired) electrons. The molecule has 0 aliphatic carbocycles. The van der Waals surface area contributed by atoms with Gasteiger partial charge < -0.3 is 10.1 Å². The predicted octanol–water partition coefficient (Wildman–Crippen LogP) is 7.68. The highest BCUT2D eigenvalue weighted by Gasteiger charge is 2.30. The summed E-state index contributed by atoms with van der Waals surface area (Å²) < 4.78 is 4.96. The summed E-state index contributed by atoms with van der Waals surface area (Å²) >= 11 is 6.49. The molecule has 1 heterocycles. The van der Waals surface area contributed by atoms with E-state index in [0.29, 0.717) is 17.1 Å². The van der Waals surface area contributed by atoms with Crippen LogP contribution in [-0.2, 0) is 21.5 Å². The highest BCUT2D eigenvalue weighted by atomic mass is 35.5. The normalized spacial score (nSPS) is 11.4. The number of benzene rings is 4. The lowest BCUT2D eigenvalue weighted by atomic mass is 9.84. The van der Waals surface area contributed by atoms with Crippen LogP contribution in [0.25, 0.3) is 33.3 Å². The van der Waals surface area contributed by atoms with Crippen molar-refractivity contribution in [2.45, 2.75) is 25.8 Å². The Balaban J connectivity index is 1.46. The Morgan fingerprint density at radius 2 is 1.58 bits per heavy atom. The molecule has 0 spiro atoms. The predicted molar refractivity (Wildman–Crippen MR) is 154 cm³/mol. The molecule has 1 N–H and O–H groups in total. The summed E-state index contributed by atoms with van der Waals surface area (Å²) in [4.78, 5) is 12.1. The highest BCUT2D eigenvalue weighted by molar-refractivity contribution is 6.35. The van der Waals surface area contributed by atoms with E-state index in [1.54, 1.807) is 0 Å². The molecule has 5 aromatic rings. The zero-order valence-electron chi connectivity index (χ0n) is 21.5. The summed E-state index contributed by atoms with van der Waals surface area (Å²) in [5, 5.41) is 14.1. The zero-order valence-corrected chi connectivity index (χ0v) is 22.3. The number of carbonyl (C=O) groups is 1. The van der Waals surface area contributed by atoms with Crippen molar-refractivity contribution in [3.63, 3.8) is 0 Å². The highest BCUT2D eigenvalue weighted by Crippen LogP contribution is 2.38. The lowest BCUT2D eigenvalue weighted by Gasteiger charge is -2.22. The van der Waals surface area contributed by atoms with E-state index in [0.717, 1.165) is 44.6 Å². The maximum Gasteiger partial charge on any atom is 0.315 e. The number of aromatic nitrogens is 2. The molecule has 0 bridgehead atoms. The van der Waals surface area contributed by atoms with Gasteiger partial charge in [-0.3, -0.25) is 4.79 Å². The number of fused-ring (bicyclic) bond motifs is 1. The van der Waals surface area contributed by atoms with E-state index >= 15 is 0 Å². The average molecular weight is 522 g/mol. The molecule has 0 amide bonds. The number of hydrogen-bond acceptors (Lipinski definition) is 5. The van der Waals surface area contributed by atoms with Crippen molar-refractivity contribution in [3.05, 3.63) is 113 Å². The maximum atomic E-state index is 12.1. The first-order valence-corrected chi connectivity index (χ1v) is 12.8. The number of esters is 1. The second-order valence-corrected chi connectivity index (χ2v) is 10.1. The van der Waals surface area contributed by atoms with Crippen molar-refractivity contribution >= 4 is 34.2 Å². The Morgan fingerprint density at radius 3 is 2.32 bits per heavy atom. The number of nitrogens with zero attached hydrogens (tertiary/aromatic N) is 2. The summed E-state index contributed by atoms with van der Waals surface area (Å²) in [6.07, 6.45) is 0. The Labute approximate surface area is 227 Å². The number of nitrogens with one attached hydrogen (secondary N) is 1. The summed E-state index contributed by atoms with van der Waals surface area (Å²) in [5.74, 6) is -0.255. The summed E-state index contributed by atoms with van der Waals surface area (Å²) in [5.41, 5.74) is 6.78. The van der Waals surface area contributed by atoms with E-state index < -0.39 is 5.41 Å². The van der Waals surface area contributed by atoms with E-state index in [1.165, 1.54) is 7.11 Å². The van der Waals surface area contributed by atoms with Crippen LogP contribution >= 0.6 is 11.6 Å². The number of hydrogen-bond donors (Lipinski definition) is 1. The third-order valence-electron chi connectivity index (χ3n) is 6.81. The summed E-state index contributed by atoms with van der Waals surface area (Å²) in [6, 6.07) is 32.2. The molecule has 0 aliphatic rings. The van der Waals surface area contributed by atoms with Gasteiger partial charge in [0, 0.05) is 28.7 Å². The number of carbonyl (C=O) groups excluding carboxylic acids is 1. The SMILES string of the molecule is COC(=O)C(C)(C)c1ccc(CNc2cccc(-c3c(-c4ccccc4)nnc4c(Cl)cccc34)c2)cc1. The van der Waals surface area contributed by atoms with Gasteiger partial charge in [0.25, 0.3) is 0 Å². The second-order valence-electron chi connectivity index (χ2n) is 9.67. The van der Waals surface area contributed by atoms with E-state index in [4.69, 9.17) is 16.3 Å². The van der Waals surface area contributed by atoms with E-state index in [2.05, 4.69) is 27.6 Å². The topological polar surface area (TPSA) is 64.1 Å². The van der Waals surface area contributed by atoms with Crippen molar-refractivity contribution < 1.29 is 9.53 Å². The molecule has 4 aromatic carbocycles. The fraction of sp³-hybridized carbons (Fsp3) is 0.156. The number of ether oxygens (including phenoxy) is 1. The molecule has 0 fully saturated rings. The molecule has 5 rings (SSSR count). The second kappa shape index (κ2) is 10.6. The van der Waals surface area contributed by atoms with Crippen LogP contribution in [0.5, 0.6) is 0 Å². The van der Waals surface area contributed by atoms with Gasteiger partial charge in [-0.15, -0.1) is 10.2 Å². The van der Waals surface area contributed by atoms with Gasteiger partial charge in [-0.2, -0.15) is 0 Å². The monoisotopic (exact) mass is 521 g/mol. The van der Waals surface area contributed by atoms with Crippen molar-refractivity contribution in [3.8, 4) is 22.4 Å². The largest absolute Gasteiger partial charge is 0.468 e. The Morgan fingerprint density at radius 1 is 0.868 bits per heavy atom. The third kappa shape index (κ3) is 4.98. The lowest BCUT2D eigenvalue weighted by Crippen LogP contribution is -2.30. The first-order valence-electron chi connectivity index (χ1n) is 12.4. The van der Waals surface area contributed by atoms with Gasteiger partial charge in [-0.25, -0.2) is 0 Å². The van der Waals surface area contributed by atoms with Crippen LogP contribution in [0.4, 0.5) is 5.69 Å². The van der Waals surface area contributed by atoms with E-state index in [1.807, 2.05) is 98.8 Å². The molecule has 190 valence electrons. The van der Waals surface area contributed by atoms with E-state index in [-0.39, 0.29) is 5.97 Å². The summed E-state index contributed by atoms with van der Waals surface area (Å²) in [6.45, 7) is 4.37. The molecule has 1 aromatic heterocycles. The Hall–Kier alpha value is -4.22. The molecule has 0 unspecified atom stereocenters. The van der Waals surface area contributed by atoms with Gasteiger partial charge in [-0.05, 0) is 48.7 Å². The van der Waals surface area contributed by atoms with Gasteiger partial charge in [0.2, 0.25) is 0 Å². The molecule has 5 nitrogen and oxygen atoms in total. The molecule has 0 atom stereocenters. The Bertz CT molecular complexity index is 1600. The van der Waals surface area contributed by atoms with Crippen molar-refractivity contribution in [1.29, 1.82) is 0 Å². The molecule has 0 saturated heterocycles. The quantitative estimate of drug-likeness (QED) is 0.222. The molecular weight excluding hydrogens is 494 g/mol. The van der Waals surface area contributed by atoms with Crippen molar-refractivity contribution in [1.82, 2.24) is 10.2 Å². The van der Waals surface area contributed by atoms with Gasteiger partial charge in [-0.1, -0.05) is 90.5 Å². The van der Waals surface area contributed by atoms with E-state index in [9.17, 15) is 4.79 Å². The number of anilines is 1. The fourth-order valence-corrected chi connectivity index (χ4v) is 4.80. The van der Waals surface area contributed by atoms with Gasteiger partial charge >= 0.3 is 5.97 Å². The van der Waals surface area contributed by atoms with Crippen molar-refractivity contribution in [2.75, 3.05) is 12.4 Å². The molecule has 0 aliphatic heterocycles. The minimum Gasteiger partial charge on any atom is -0.468 e. The van der Waals surface area contributed by atoms with Crippen LogP contribution in [-0.4, -0.2) is 23.3 Å². The van der Waals surface area contributed by atoms with Crippen molar-refractivity contribution in [2.24, 2.45) is 0 Å². The molecule has 0 saturated carbocycles. The van der Waals surface area contributed by atoms with Crippen LogP contribution < -0.4 is 5.32 Å². The maximum absolute atomic E-state index is 12.1. The zero-order chi connectivity index (χ0) is 26.7. The average Bonchev–Trinajstić information content (AvgIpc) is 2.96. The van der Waals surface area contributed by atoms with Gasteiger partial charge in [0.05, 0.1) is 17.5 Å². The molecule has 6 heteroatoms. The minimum atomic E-state index is -0.699. The number of methoxy groups -OCH3 is 1. The first kappa shape index (κ1) is 25.4. The molecular formula is C32H28ClN3O2. The standard InChI is InChI=1S/C32H28ClN3O2/c1-32(2,31(37)38-3)24-17-15-21(16-18-24)20-34-25-12-7-11-23(19-25)28-26-13-8-14-27(33)30(26)36-35-29(28)22-9-5-4-6-10-22/h4-19,34H,20H2,1-3H3. The van der Waals surface area contributed by atoms with Crippen LogP contribution in [0, 0.1) is 0 Å². The number of rotatable bonds is 7. The fourth-order valence-electron chi connectivity index (χ4n) is 4.59. The first-order chi connectivity index (χ1) is 18.4.